The SMILES string of the molecule is C#C.CCCCC.CCCCCc1cc2[nH]c(C(C)(CCCC)NC(=O)c3ccc(CCCC)c(N4CCOc5cc(OC)ccc5C4)c3)nc2cc1C=O. The van der Waals surface area contributed by atoms with Crippen molar-refractivity contribution >= 4 is 28.9 Å². The first-order valence-corrected chi connectivity index (χ1v) is 20.6. The van der Waals surface area contributed by atoms with Gasteiger partial charge in [0.25, 0.3) is 5.91 Å². The van der Waals surface area contributed by atoms with E-state index in [1.54, 1.807) is 7.11 Å². The number of carbonyl (C=O) groups excluding carboxylic acids is 2. The number of benzene rings is 3. The van der Waals surface area contributed by atoms with Crippen molar-refractivity contribution in [2.75, 3.05) is 25.2 Å². The number of amides is 1. The monoisotopic (exact) mass is 751 g/mol. The van der Waals surface area contributed by atoms with E-state index >= 15 is 0 Å². The van der Waals surface area contributed by atoms with Gasteiger partial charge in [-0.25, -0.2) is 4.98 Å². The van der Waals surface area contributed by atoms with Gasteiger partial charge >= 0.3 is 0 Å². The number of imidazole rings is 1. The molecule has 0 saturated carbocycles. The summed E-state index contributed by atoms with van der Waals surface area (Å²) in [6.45, 7) is 14.9. The second-order valence-corrected chi connectivity index (χ2v) is 14.7. The van der Waals surface area contributed by atoms with Crippen LogP contribution in [0.5, 0.6) is 11.5 Å². The minimum Gasteiger partial charge on any atom is -0.497 e. The third kappa shape index (κ3) is 12.4. The number of nitrogens with one attached hydrogen (secondary N) is 2. The minimum absolute atomic E-state index is 0.137. The van der Waals surface area contributed by atoms with Gasteiger partial charge in [-0.2, -0.15) is 0 Å². The van der Waals surface area contributed by atoms with Gasteiger partial charge in [0.2, 0.25) is 0 Å². The number of ether oxygens (including phenoxy) is 2. The molecule has 1 unspecified atom stereocenters. The number of aldehydes is 1. The van der Waals surface area contributed by atoms with E-state index in [-0.39, 0.29) is 5.91 Å². The number of unbranched alkanes of at least 4 members (excludes halogenated alkanes) is 6. The van der Waals surface area contributed by atoms with Crippen molar-refractivity contribution in [3.05, 3.63) is 82.2 Å². The van der Waals surface area contributed by atoms with Crippen LogP contribution in [0.4, 0.5) is 5.69 Å². The van der Waals surface area contributed by atoms with Crippen LogP contribution in [0, 0.1) is 12.8 Å². The molecule has 1 aliphatic heterocycles. The van der Waals surface area contributed by atoms with E-state index in [0.29, 0.717) is 36.6 Å². The molecule has 5 rings (SSSR count). The lowest BCUT2D eigenvalue weighted by Gasteiger charge is -2.30. The van der Waals surface area contributed by atoms with E-state index in [1.165, 1.54) is 24.8 Å². The molecule has 1 atom stereocenters. The molecule has 8 nitrogen and oxygen atoms in total. The number of hydrogen-bond donors (Lipinski definition) is 2. The molecule has 2 heterocycles. The second-order valence-electron chi connectivity index (χ2n) is 14.7. The molecule has 8 heteroatoms. The maximum atomic E-state index is 14.2. The van der Waals surface area contributed by atoms with Crippen molar-refractivity contribution in [3.8, 4) is 24.3 Å². The van der Waals surface area contributed by atoms with E-state index in [0.717, 1.165) is 110 Å². The Kier molecular flexibility index (Phi) is 18.8. The van der Waals surface area contributed by atoms with Gasteiger partial charge in [0.15, 0.2) is 0 Å². The van der Waals surface area contributed by atoms with E-state index in [4.69, 9.17) is 14.5 Å². The first-order valence-electron chi connectivity index (χ1n) is 20.6. The average Bonchev–Trinajstić information content (AvgIpc) is 3.52. The molecule has 0 spiro atoms. The maximum Gasteiger partial charge on any atom is 0.252 e. The summed E-state index contributed by atoms with van der Waals surface area (Å²) >= 11 is 0. The van der Waals surface area contributed by atoms with Crippen LogP contribution in [0.3, 0.4) is 0 Å². The quantitative estimate of drug-likeness (QED) is 0.0597. The van der Waals surface area contributed by atoms with Crippen LogP contribution in [-0.4, -0.2) is 42.4 Å². The van der Waals surface area contributed by atoms with Gasteiger partial charge in [0.1, 0.15) is 30.2 Å². The number of nitrogens with zero attached hydrogens (tertiary/aromatic N) is 2. The number of aromatic amines is 1. The molecule has 55 heavy (non-hydrogen) atoms. The summed E-state index contributed by atoms with van der Waals surface area (Å²) in [6.07, 6.45) is 22.9. The Morgan fingerprint density at radius 1 is 0.909 bits per heavy atom. The fourth-order valence-electron chi connectivity index (χ4n) is 6.98. The van der Waals surface area contributed by atoms with Crippen molar-refractivity contribution in [2.45, 2.75) is 137 Å². The highest BCUT2D eigenvalue weighted by Crippen LogP contribution is 2.34. The molecule has 1 aliphatic rings. The van der Waals surface area contributed by atoms with Gasteiger partial charge in [-0.1, -0.05) is 92.1 Å². The molecule has 0 saturated heterocycles. The smallest absolute Gasteiger partial charge is 0.252 e. The third-order valence-electron chi connectivity index (χ3n) is 10.3. The van der Waals surface area contributed by atoms with Crippen molar-refractivity contribution in [3.63, 3.8) is 0 Å². The standard InChI is InChI=1S/C40H52N4O4.C5H12.C2H2/c1-6-9-12-14-29-22-34-35(23-32(29)27-45)42-39(41-34)40(4,19-11-8-3)43-38(46)30-16-15-28(13-10-7-2)36(24-30)44-20-21-48-37-25-33(47-5)18-17-31(37)26-44;1-3-5-4-2;1-2/h15-18,22-25,27H,6-14,19-21,26H2,1-5H3,(H,41,42)(H,43,46);3-5H2,1-2H3;1-2H. The Morgan fingerprint density at radius 2 is 1.62 bits per heavy atom. The molecule has 1 amide bonds. The van der Waals surface area contributed by atoms with Crippen molar-refractivity contribution < 1.29 is 19.1 Å². The zero-order valence-corrected chi connectivity index (χ0v) is 34.7. The minimum atomic E-state index is -0.731. The first kappa shape index (κ1) is 44.6. The molecule has 2 N–H and O–H groups in total. The number of aryl methyl sites for hydroxylation is 2. The largest absolute Gasteiger partial charge is 0.497 e. The number of carbonyl (C=O) groups is 2. The molecular weight excluding hydrogens is 685 g/mol. The second kappa shape index (κ2) is 23.2. The Hall–Kier alpha value is -4.77. The number of methoxy groups -OCH3 is 1. The van der Waals surface area contributed by atoms with Gasteiger partial charge in [-0.15, -0.1) is 12.8 Å². The van der Waals surface area contributed by atoms with Gasteiger partial charge in [0, 0.05) is 35.0 Å². The Labute approximate surface area is 331 Å². The van der Waals surface area contributed by atoms with Crippen LogP contribution >= 0.6 is 0 Å². The van der Waals surface area contributed by atoms with Crippen LogP contribution in [0.15, 0.2) is 48.5 Å². The molecule has 4 aromatic rings. The topological polar surface area (TPSA) is 96.6 Å². The number of terminal acetylenes is 1. The van der Waals surface area contributed by atoms with Gasteiger partial charge in [-0.3, -0.25) is 9.59 Å². The molecule has 0 fully saturated rings. The third-order valence-corrected chi connectivity index (χ3v) is 10.3. The lowest BCUT2D eigenvalue weighted by atomic mass is 9.93. The van der Waals surface area contributed by atoms with Crippen molar-refractivity contribution in [1.29, 1.82) is 0 Å². The Bertz CT molecular complexity index is 1810. The molecule has 298 valence electrons. The van der Waals surface area contributed by atoms with Crippen molar-refractivity contribution in [1.82, 2.24) is 15.3 Å². The number of fused-ring (bicyclic) bond motifs is 2. The zero-order valence-electron chi connectivity index (χ0n) is 34.7. The Morgan fingerprint density at radius 3 is 2.27 bits per heavy atom. The molecule has 1 aromatic heterocycles. The predicted molar refractivity (Wildman–Crippen MR) is 229 cm³/mol. The number of anilines is 1. The van der Waals surface area contributed by atoms with Crippen molar-refractivity contribution in [2.24, 2.45) is 0 Å². The highest BCUT2D eigenvalue weighted by Gasteiger charge is 2.32. The van der Waals surface area contributed by atoms with Gasteiger partial charge in [0.05, 0.1) is 30.2 Å². The lowest BCUT2D eigenvalue weighted by molar-refractivity contribution is 0.0893. The average molecular weight is 751 g/mol. The molecule has 0 aliphatic carbocycles. The Balaban J connectivity index is 0.00000107. The molecule has 3 aromatic carbocycles. The first-order chi connectivity index (χ1) is 26.7. The fourth-order valence-corrected chi connectivity index (χ4v) is 6.98. The van der Waals surface area contributed by atoms with E-state index in [1.807, 2.05) is 30.3 Å². The number of rotatable bonds is 18. The van der Waals surface area contributed by atoms with E-state index < -0.39 is 5.54 Å². The highest BCUT2D eigenvalue weighted by atomic mass is 16.5. The molecule has 0 radical (unpaired) electrons. The van der Waals surface area contributed by atoms with Crippen LogP contribution < -0.4 is 19.7 Å². The normalized spacial score (nSPS) is 13.1. The summed E-state index contributed by atoms with van der Waals surface area (Å²) < 4.78 is 11.6. The summed E-state index contributed by atoms with van der Waals surface area (Å²) in [5.74, 6) is 2.18. The summed E-state index contributed by atoms with van der Waals surface area (Å²) in [5.41, 5.74) is 6.64. The summed E-state index contributed by atoms with van der Waals surface area (Å²) in [5, 5.41) is 3.38. The van der Waals surface area contributed by atoms with Crippen LogP contribution in [-0.2, 0) is 24.9 Å². The fraction of sp³-hybridized carbons (Fsp3) is 0.511. The number of hydrogen-bond acceptors (Lipinski definition) is 6. The van der Waals surface area contributed by atoms with Gasteiger partial charge < -0.3 is 24.7 Å². The van der Waals surface area contributed by atoms with Crippen LogP contribution in [0.2, 0.25) is 0 Å². The molecule has 0 bridgehead atoms. The lowest BCUT2D eigenvalue weighted by Crippen LogP contribution is -2.44. The summed E-state index contributed by atoms with van der Waals surface area (Å²) in [4.78, 5) is 36.9. The van der Waals surface area contributed by atoms with E-state index in [2.05, 4.69) is 87.8 Å². The maximum absolute atomic E-state index is 14.2. The summed E-state index contributed by atoms with van der Waals surface area (Å²) in [6, 6.07) is 16.0. The number of aromatic nitrogens is 2. The van der Waals surface area contributed by atoms with Gasteiger partial charge in [-0.05, 0) is 86.6 Å². The van der Waals surface area contributed by atoms with Crippen LogP contribution in [0.25, 0.3) is 11.0 Å². The summed E-state index contributed by atoms with van der Waals surface area (Å²) in [7, 11) is 1.66. The predicted octanol–water partition coefficient (Wildman–Crippen LogP) is 11.1. The van der Waals surface area contributed by atoms with Crippen LogP contribution in [0.1, 0.15) is 155 Å². The number of H-pyrrole nitrogens is 1. The highest BCUT2D eigenvalue weighted by molar-refractivity contribution is 5.96. The molecular formula is C47H66N4O4. The zero-order chi connectivity index (χ0) is 40.2. The van der Waals surface area contributed by atoms with E-state index in [9.17, 15) is 9.59 Å².